The van der Waals surface area contributed by atoms with Crippen molar-refractivity contribution in [2.45, 2.75) is 71.3 Å². The molecule has 3 nitrogen and oxygen atoms in total. The average Bonchev–Trinajstić information content (AvgIpc) is 2.96. The van der Waals surface area contributed by atoms with Crippen molar-refractivity contribution in [2.75, 3.05) is 20.3 Å². The first-order valence-electron chi connectivity index (χ1n) is 10.9. The summed E-state index contributed by atoms with van der Waals surface area (Å²) in [7, 11) is 2.06. The molecule has 4 fully saturated rings. The molecule has 1 unspecified atom stereocenters. The van der Waals surface area contributed by atoms with Crippen LogP contribution >= 0.6 is 0 Å². The molecule has 26 heavy (non-hydrogen) atoms. The quantitative estimate of drug-likeness (QED) is 0.539. The predicted octanol–water partition coefficient (Wildman–Crippen LogP) is 4.67. The Morgan fingerprint density at radius 1 is 1.12 bits per heavy atom. The smallest absolute Gasteiger partial charge is 0.222 e. The third kappa shape index (κ3) is 2.60. The molecule has 0 bridgehead atoms. The first kappa shape index (κ1) is 18.5. The molecule has 0 spiro atoms. The monoisotopic (exact) mass is 359 g/mol. The van der Waals surface area contributed by atoms with Gasteiger partial charge in [-0.1, -0.05) is 19.9 Å². The minimum absolute atomic E-state index is 0.338. The van der Waals surface area contributed by atoms with Gasteiger partial charge in [-0.15, -0.1) is 6.58 Å². The molecule has 4 aliphatic rings. The number of nitrogens with zero attached hydrogens (tertiary/aromatic N) is 1. The topological polar surface area (TPSA) is 29.5 Å². The van der Waals surface area contributed by atoms with Gasteiger partial charge in [-0.25, -0.2) is 0 Å². The van der Waals surface area contributed by atoms with Gasteiger partial charge in [-0.05, 0) is 79.4 Å². The summed E-state index contributed by atoms with van der Waals surface area (Å²) in [5.41, 5.74) is 0.798. The number of amides is 1. The standard InChI is InChI=1S/C23H37NO2/c1-5-14-26-15-16-6-8-18-17-7-9-20-23(3,13-11-21(25)24(20)4)19(17)10-12-22(16,18)2/h5,16-20H,1,6-15H2,2-4H3/t16?,17-,18-,19-,20+,22+,23+/m0/s1. The Bertz CT molecular complexity index is 575. The highest BCUT2D eigenvalue weighted by Crippen LogP contribution is 2.66. The third-order valence-electron chi connectivity index (χ3n) is 9.31. The predicted molar refractivity (Wildman–Crippen MR) is 105 cm³/mol. The molecular weight excluding hydrogens is 322 g/mol. The largest absolute Gasteiger partial charge is 0.377 e. The summed E-state index contributed by atoms with van der Waals surface area (Å²) in [5.74, 6) is 3.62. The summed E-state index contributed by atoms with van der Waals surface area (Å²) in [5, 5.41) is 0. The molecule has 0 aromatic heterocycles. The van der Waals surface area contributed by atoms with Crippen molar-refractivity contribution < 1.29 is 9.53 Å². The molecule has 0 N–H and O–H groups in total. The molecule has 146 valence electrons. The van der Waals surface area contributed by atoms with Crippen molar-refractivity contribution in [1.29, 1.82) is 0 Å². The Labute approximate surface area is 159 Å². The van der Waals surface area contributed by atoms with Crippen molar-refractivity contribution in [3.8, 4) is 0 Å². The van der Waals surface area contributed by atoms with E-state index in [1.54, 1.807) is 0 Å². The zero-order valence-corrected chi connectivity index (χ0v) is 17.0. The third-order valence-corrected chi connectivity index (χ3v) is 9.31. The number of piperidine rings is 1. The van der Waals surface area contributed by atoms with Gasteiger partial charge in [0, 0.05) is 19.5 Å². The number of fused-ring (bicyclic) bond motifs is 5. The Morgan fingerprint density at radius 3 is 2.65 bits per heavy atom. The molecule has 1 aliphatic heterocycles. The van der Waals surface area contributed by atoms with E-state index in [2.05, 4.69) is 32.4 Å². The maximum absolute atomic E-state index is 12.3. The average molecular weight is 360 g/mol. The van der Waals surface area contributed by atoms with Crippen LogP contribution in [-0.2, 0) is 9.53 Å². The van der Waals surface area contributed by atoms with Gasteiger partial charge >= 0.3 is 0 Å². The lowest BCUT2D eigenvalue weighted by Crippen LogP contribution is -2.61. The number of likely N-dealkylation sites (tertiary alicyclic amines) is 1. The van der Waals surface area contributed by atoms with Crippen LogP contribution in [0.1, 0.15) is 65.2 Å². The van der Waals surface area contributed by atoms with Crippen LogP contribution in [-0.4, -0.2) is 37.1 Å². The fourth-order valence-corrected chi connectivity index (χ4v) is 7.83. The molecule has 4 rings (SSSR count). The lowest BCUT2D eigenvalue weighted by atomic mass is 9.47. The molecule has 1 heterocycles. The first-order chi connectivity index (χ1) is 12.4. The van der Waals surface area contributed by atoms with E-state index in [0.29, 0.717) is 29.4 Å². The van der Waals surface area contributed by atoms with Crippen LogP contribution in [0.25, 0.3) is 0 Å². The van der Waals surface area contributed by atoms with Crippen LogP contribution in [0.3, 0.4) is 0 Å². The Balaban J connectivity index is 1.53. The van der Waals surface area contributed by atoms with E-state index in [1.165, 1.54) is 38.5 Å². The lowest BCUT2D eigenvalue weighted by molar-refractivity contribution is -0.158. The number of carbonyl (C=O) groups excluding carboxylic acids is 1. The number of carbonyl (C=O) groups is 1. The molecule has 3 saturated carbocycles. The number of hydrogen-bond acceptors (Lipinski definition) is 2. The Morgan fingerprint density at radius 2 is 1.88 bits per heavy atom. The van der Waals surface area contributed by atoms with Crippen molar-refractivity contribution in [1.82, 2.24) is 4.90 Å². The van der Waals surface area contributed by atoms with E-state index >= 15 is 0 Å². The molecule has 0 radical (unpaired) electrons. The molecular formula is C23H37NO2. The molecule has 3 heteroatoms. The fourth-order valence-electron chi connectivity index (χ4n) is 7.83. The van der Waals surface area contributed by atoms with Crippen molar-refractivity contribution in [3.05, 3.63) is 12.7 Å². The molecule has 0 aromatic rings. The van der Waals surface area contributed by atoms with Gasteiger partial charge in [-0.2, -0.15) is 0 Å². The normalized spacial score (nSPS) is 47.9. The summed E-state index contributed by atoms with van der Waals surface area (Å²) >= 11 is 0. The maximum atomic E-state index is 12.3. The molecule has 1 amide bonds. The minimum Gasteiger partial charge on any atom is -0.377 e. The second kappa shape index (κ2) is 6.65. The maximum Gasteiger partial charge on any atom is 0.222 e. The van der Waals surface area contributed by atoms with Crippen molar-refractivity contribution >= 4 is 5.91 Å². The second-order valence-corrected chi connectivity index (χ2v) is 10.1. The highest BCUT2D eigenvalue weighted by atomic mass is 16.5. The summed E-state index contributed by atoms with van der Waals surface area (Å²) in [6.45, 7) is 10.5. The SMILES string of the molecule is C=CCOCC1CC[C@H]2[C@@H]3CC[C@H]4N(C)C(=O)CC[C@]4(C)[C@H]3CC[C@]12C. The van der Waals surface area contributed by atoms with Crippen LogP contribution in [0, 0.1) is 34.5 Å². The highest BCUT2D eigenvalue weighted by molar-refractivity contribution is 5.77. The summed E-state index contributed by atoms with van der Waals surface area (Å²) < 4.78 is 5.89. The number of ether oxygens (including phenoxy) is 1. The van der Waals surface area contributed by atoms with E-state index < -0.39 is 0 Å². The van der Waals surface area contributed by atoms with Gasteiger partial charge in [-0.3, -0.25) is 4.79 Å². The van der Waals surface area contributed by atoms with Crippen LogP contribution in [0.2, 0.25) is 0 Å². The lowest BCUT2D eigenvalue weighted by Gasteiger charge is -2.61. The minimum atomic E-state index is 0.338. The second-order valence-electron chi connectivity index (χ2n) is 10.1. The van der Waals surface area contributed by atoms with E-state index in [4.69, 9.17) is 4.74 Å². The molecule has 0 aromatic carbocycles. The Hall–Kier alpha value is -0.830. The van der Waals surface area contributed by atoms with Gasteiger partial charge < -0.3 is 9.64 Å². The zero-order valence-electron chi connectivity index (χ0n) is 17.0. The fraction of sp³-hybridized carbons (Fsp3) is 0.870. The van der Waals surface area contributed by atoms with E-state index in [-0.39, 0.29) is 0 Å². The van der Waals surface area contributed by atoms with Gasteiger partial charge in [0.25, 0.3) is 0 Å². The summed E-state index contributed by atoms with van der Waals surface area (Å²) in [4.78, 5) is 14.4. The number of hydrogen-bond donors (Lipinski definition) is 0. The van der Waals surface area contributed by atoms with Crippen LogP contribution in [0.5, 0.6) is 0 Å². The number of rotatable bonds is 4. The van der Waals surface area contributed by atoms with E-state index in [9.17, 15) is 4.79 Å². The molecule has 1 saturated heterocycles. The molecule has 7 atom stereocenters. The highest BCUT2D eigenvalue weighted by Gasteiger charge is 2.60. The Kier molecular flexibility index (Phi) is 4.74. The van der Waals surface area contributed by atoms with Crippen molar-refractivity contribution in [3.63, 3.8) is 0 Å². The zero-order chi connectivity index (χ0) is 18.5. The van der Waals surface area contributed by atoms with Crippen molar-refractivity contribution in [2.24, 2.45) is 34.5 Å². The van der Waals surface area contributed by atoms with Crippen LogP contribution < -0.4 is 0 Å². The molecule has 3 aliphatic carbocycles. The van der Waals surface area contributed by atoms with Gasteiger partial charge in [0.2, 0.25) is 5.91 Å². The van der Waals surface area contributed by atoms with Gasteiger partial charge in [0.15, 0.2) is 0 Å². The summed E-state index contributed by atoms with van der Waals surface area (Å²) in [6.07, 6.45) is 11.7. The van der Waals surface area contributed by atoms with Gasteiger partial charge in [0.05, 0.1) is 13.2 Å². The van der Waals surface area contributed by atoms with Gasteiger partial charge in [0.1, 0.15) is 0 Å². The van der Waals surface area contributed by atoms with E-state index in [0.717, 1.165) is 43.1 Å². The first-order valence-corrected chi connectivity index (χ1v) is 10.9. The van der Waals surface area contributed by atoms with Crippen LogP contribution in [0.15, 0.2) is 12.7 Å². The van der Waals surface area contributed by atoms with E-state index in [1.807, 2.05) is 6.08 Å². The van der Waals surface area contributed by atoms with Crippen LogP contribution in [0.4, 0.5) is 0 Å². The summed E-state index contributed by atoms with van der Waals surface area (Å²) in [6, 6.07) is 0.475.